The molecule has 1 amide bonds. The predicted octanol–water partition coefficient (Wildman–Crippen LogP) is 2.35. The van der Waals surface area contributed by atoms with E-state index in [9.17, 15) is 4.79 Å². The topological polar surface area (TPSA) is 68.0 Å². The average molecular weight is 269 g/mol. The highest BCUT2D eigenvalue weighted by atomic mass is 16.1. The van der Waals surface area contributed by atoms with Gasteiger partial charge in [0.2, 0.25) is 5.91 Å². The molecular weight excluding hydrogens is 250 g/mol. The van der Waals surface area contributed by atoms with Gasteiger partial charge in [-0.05, 0) is 24.6 Å². The smallest absolute Gasteiger partial charge is 0.222 e. The summed E-state index contributed by atoms with van der Waals surface area (Å²) >= 11 is 0. The molecule has 104 valence electrons. The third-order valence-corrected chi connectivity index (χ3v) is 3.14. The van der Waals surface area contributed by atoms with Crippen LogP contribution in [0.5, 0.6) is 0 Å². The molecule has 0 radical (unpaired) electrons. The molecule has 1 heterocycles. The minimum absolute atomic E-state index is 0.0699. The van der Waals surface area contributed by atoms with Crippen molar-refractivity contribution >= 4 is 5.91 Å². The first-order valence-electron chi connectivity index (χ1n) is 6.67. The van der Waals surface area contributed by atoms with Crippen LogP contribution in [-0.4, -0.2) is 10.9 Å². The van der Waals surface area contributed by atoms with Gasteiger partial charge in [-0.25, -0.2) is 0 Å². The zero-order valence-electron chi connectivity index (χ0n) is 11.5. The average Bonchev–Trinajstić information content (AvgIpc) is 2.49. The molecule has 2 rings (SSSR count). The Hall–Kier alpha value is -2.20. The van der Waals surface area contributed by atoms with E-state index in [0.29, 0.717) is 0 Å². The van der Waals surface area contributed by atoms with E-state index in [1.165, 1.54) is 0 Å². The van der Waals surface area contributed by atoms with E-state index in [4.69, 9.17) is 5.73 Å². The lowest BCUT2D eigenvalue weighted by Gasteiger charge is -2.16. The van der Waals surface area contributed by atoms with Crippen molar-refractivity contribution in [3.8, 4) is 0 Å². The fraction of sp³-hybridized carbons (Fsp3) is 0.250. The fourth-order valence-corrected chi connectivity index (χ4v) is 2.02. The van der Waals surface area contributed by atoms with E-state index < -0.39 is 0 Å². The minimum Gasteiger partial charge on any atom is -0.348 e. The number of hydrogen-bond acceptors (Lipinski definition) is 3. The first kappa shape index (κ1) is 14.2. The maximum Gasteiger partial charge on any atom is 0.222 e. The SMILES string of the molecule is C[C@H](NC(=O)CC(N)c1ccccc1)c1ccccn1. The third kappa shape index (κ3) is 3.90. The molecule has 0 saturated carbocycles. The third-order valence-electron chi connectivity index (χ3n) is 3.14. The summed E-state index contributed by atoms with van der Waals surface area (Å²) in [5.74, 6) is -0.0699. The van der Waals surface area contributed by atoms with Gasteiger partial charge in [-0.3, -0.25) is 9.78 Å². The fourth-order valence-electron chi connectivity index (χ4n) is 2.02. The number of hydrogen-bond donors (Lipinski definition) is 2. The quantitative estimate of drug-likeness (QED) is 0.875. The predicted molar refractivity (Wildman–Crippen MR) is 78.8 cm³/mol. The Morgan fingerprint density at radius 2 is 1.90 bits per heavy atom. The van der Waals surface area contributed by atoms with Gasteiger partial charge in [0.15, 0.2) is 0 Å². The van der Waals surface area contributed by atoms with Gasteiger partial charge >= 0.3 is 0 Å². The van der Waals surface area contributed by atoms with Crippen LogP contribution < -0.4 is 11.1 Å². The number of benzene rings is 1. The summed E-state index contributed by atoms with van der Waals surface area (Å²) in [5.41, 5.74) is 7.84. The molecular formula is C16H19N3O. The van der Waals surface area contributed by atoms with Crippen LogP contribution in [0, 0.1) is 0 Å². The summed E-state index contributed by atoms with van der Waals surface area (Å²) in [7, 11) is 0. The van der Waals surface area contributed by atoms with Gasteiger partial charge in [0.05, 0.1) is 11.7 Å². The normalized spacial score (nSPS) is 13.5. The first-order valence-corrected chi connectivity index (χ1v) is 6.67. The second-order valence-electron chi connectivity index (χ2n) is 4.77. The number of nitrogens with two attached hydrogens (primary N) is 1. The molecule has 3 N–H and O–H groups in total. The summed E-state index contributed by atoms with van der Waals surface area (Å²) in [6.45, 7) is 1.91. The molecule has 0 aliphatic heterocycles. The highest BCUT2D eigenvalue weighted by Crippen LogP contribution is 2.14. The highest BCUT2D eigenvalue weighted by molar-refractivity contribution is 5.77. The van der Waals surface area contributed by atoms with Crippen molar-refractivity contribution in [2.45, 2.75) is 25.4 Å². The maximum absolute atomic E-state index is 12.0. The molecule has 0 aliphatic rings. The number of rotatable bonds is 5. The highest BCUT2D eigenvalue weighted by Gasteiger charge is 2.14. The van der Waals surface area contributed by atoms with Gasteiger partial charge < -0.3 is 11.1 Å². The number of carbonyl (C=O) groups is 1. The Balaban J connectivity index is 1.90. The molecule has 0 bridgehead atoms. The van der Waals surface area contributed by atoms with Crippen molar-refractivity contribution in [1.29, 1.82) is 0 Å². The van der Waals surface area contributed by atoms with E-state index in [-0.39, 0.29) is 24.4 Å². The van der Waals surface area contributed by atoms with Gasteiger partial charge in [0.25, 0.3) is 0 Å². The van der Waals surface area contributed by atoms with Gasteiger partial charge in [-0.1, -0.05) is 36.4 Å². The number of nitrogens with zero attached hydrogens (tertiary/aromatic N) is 1. The van der Waals surface area contributed by atoms with Crippen molar-refractivity contribution in [2.75, 3.05) is 0 Å². The Bertz CT molecular complexity index is 493. The van der Waals surface area contributed by atoms with Gasteiger partial charge in [-0.2, -0.15) is 0 Å². The van der Waals surface area contributed by atoms with E-state index in [1.807, 2.05) is 55.5 Å². The van der Waals surface area contributed by atoms with Crippen LogP contribution in [0.1, 0.15) is 36.7 Å². The molecule has 2 atom stereocenters. The minimum atomic E-state index is -0.285. The van der Waals surface area contributed by atoms with Crippen molar-refractivity contribution in [1.82, 2.24) is 10.3 Å². The van der Waals surface area contributed by atoms with E-state index >= 15 is 0 Å². The van der Waals surface area contributed by atoms with Crippen LogP contribution in [0.25, 0.3) is 0 Å². The molecule has 1 unspecified atom stereocenters. The number of nitrogens with one attached hydrogen (secondary N) is 1. The standard InChI is InChI=1S/C16H19N3O/c1-12(15-9-5-6-10-18-15)19-16(20)11-14(17)13-7-3-2-4-8-13/h2-10,12,14H,11,17H2,1H3,(H,19,20)/t12-,14?/m0/s1. The van der Waals surface area contributed by atoms with Crippen molar-refractivity contribution in [3.63, 3.8) is 0 Å². The Labute approximate surface area is 119 Å². The summed E-state index contributed by atoms with van der Waals surface area (Å²) in [4.78, 5) is 16.2. The maximum atomic E-state index is 12.0. The molecule has 1 aromatic heterocycles. The number of aromatic nitrogens is 1. The van der Waals surface area contributed by atoms with E-state index in [2.05, 4.69) is 10.3 Å². The number of pyridine rings is 1. The Morgan fingerprint density at radius 3 is 2.55 bits per heavy atom. The number of amides is 1. The Kier molecular flexibility index (Phi) is 4.85. The van der Waals surface area contributed by atoms with Gasteiger partial charge in [0, 0.05) is 18.7 Å². The summed E-state index contributed by atoms with van der Waals surface area (Å²) in [6, 6.07) is 14.9. The van der Waals surface area contributed by atoms with Crippen molar-refractivity contribution in [2.24, 2.45) is 5.73 Å². The van der Waals surface area contributed by atoms with Crippen LogP contribution in [0.15, 0.2) is 54.7 Å². The lowest BCUT2D eigenvalue weighted by atomic mass is 10.0. The van der Waals surface area contributed by atoms with Crippen LogP contribution in [-0.2, 0) is 4.79 Å². The van der Waals surface area contributed by atoms with Crippen LogP contribution in [0.2, 0.25) is 0 Å². The molecule has 4 nitrogen and oxygen atoms in total. The molecule has 0 saturated heterocycles. The molecule has 0 spiro atoms. The zero-order valence-corrected chi connectivity index (χ0v) is 11.5. The molecule has 20 heavy (non-hydrogen) atoms. The first-order chi connectivity index (χ1) is 9.66. The second kappa shape index (κ2) is 6.82. The molecule has 0 fully saturated rings. The summed E-state index contributed by atoms with van der Waals surface area (Å²) in [5, 5.41) is 2.92. The molecule has 1 aromatic carbocycles. The summed E-state index contributed by atoms with van der Waals surface area (Å²) in [6.07, 6.45) is 1.98. The van der Waals surface area contributed by atoms with Crippen molar-refractivity contribution in [3.05, 3.63) is 66.0 Å². The van der Waals surface area contributed by atoms with E-state index in [0.717, 1.165) is 11.3 Å². The zero-order chi connectivity index (χ0) is 14.4. The Morgan fingerprint density at radius 1 is 1.20 bits per heavy atom. The lowest BCUT2D eigenvalue weighted by Crippen LogP contribution is -2.30. The second-order valence-corrected chi connectivity index (χ2v) is 4.77. The monoisotopic (exact) mass is 269 g/mol. The lowest BCUT2D eigenvalue weighted by molar-refractivity contribution is -0.122. The van der Waals surface area contributed by atoms with E-state index in [1.54, 1.807) is 6.20 Å². The molecule has 0 aliphatic carbocycles. The van der Waals surface area contributed by atoms with Crippen LogP contribution in [0.3, 0.4) is 0 Å². The summed E-state index contributed by atoms with van der Waals surface area (Å²) < 4.78 is 0. The van der Waals surface area contributed by atoms with Gasteiger partial charge in [0.1, 0.15) is 0 Å². The molecule has 2 aromatic rings. The van der Waals surface area contributed by atoms with Crippen LogP contribution in [0.4, 0.5) is 0 Å². The van der Waals surface area contributed by atoms with Crippen LogP contribution >= 0.6 is 0 Å². The largest absolute Gasteiger partial charge is 0.348 e. The van der Waals surface area contributed by atoms with Gasteiger partial charge in [-0.15, -0.1) is 0 Å². The number of carbonyl (C=O) groups excluding carboxylic acids is 1. The van der Waals surface area contributed by atoms with Crippen molar-refractivity contribution < 1.29 is 4.79 Å². The molecule has 4 heteroatoms.